The smallest absolute Gasteiger partial charge is 0.322 e. The molecule has 0 saturated carbocycles. The summed E-state index contributed by atoms with van der Waals surface area (Å²) in [5.41, 5.74) is 1.94. The van der Waals surface area contributed by atoms with Gasteiger partial charge in [-0.15, -0.1) is 0 Å². The van der Waals surface area contributed by atoms with Crippen LogP contribution >= 0.6 is 0 Å². The molecule has 0 bridgehead atoms. The van der Waals surface area contributed by atoms with Crippen LogP contribution < -0.4 is 4.72 Å². The monoisotopic (exact) mass is 257 g/mol. The number of benzene rings is 1. The number of aryl methyl sites for hydroxylation is 1. The van der Waals surface area contributed by atoms with Gasteiger partial charge in [-0.25, -0.2) is 13.1 Å². The van der Waals surface area contributed by atoms with Crippen LogP contribution in [-0.4, -0.2) is 27.2 Å². The van der Waals surface area contributed by atoms with Crippen LogP contribution in [0, 0.1) is 6.92 Å². The molecule has 6 heteroatoms. The Bertz CT molecular complexity index is 479. The molecule has 1 rings (SSSR count). The Balaban J connectivity index is 2.55. The number of ether oxygens (including phenoxy) is 1. The predicted octanol–water partition coefficient (Wildman–Crippen LogP) is 0.587. The molecule has 0 fully saturated rings. The van der Waals surface area contributed by atoms with Crippen molar-refractivity contribution in [2.75, 3.05) is 12.9 Å². The van der Waals surface area contributed by atoms with Gasteiger partial charge in [0.15, 0.2) is 5.75 Å². The standard InChI is InChI=1S/C11H15NO4S/c1-9-3-5-10(6-4-9)7-12-17(14,15)8-11(13)16-2/h3-6,12H,7-8H2,1-2H3. The van der Waals surface area contributed by atoms with E-state index in [1.165, 1.54) is 0 Å². The molecule has 0 saturated heterocycles. The molecule has 5 nitrogen and oxygen atoms in total. The molecule has 0 aromatic heterocycles. The summed E-state index contributed by atoms with van der Waals surface area (Å²) in [5.74, 6) is -1.43. The van der Waals surface area contributed by atoms with Gasteiger partial charge in [-0.3, -0.25) is 4.79 Å². The van der Waals surface area contributed by atoms with E-state index in [2.05, 4.69) is 9.46 Å². The second-order valence-corrected chi connectivity index (χ2v) is 5.45. The van der Waals surface area contributed by atoms with Crippen molar-refractivity contribution in [3.63, 3.8) is 0 Å². The molecule has 0 heterocycles. The first-order valence-corrected chi connectivity index (χ1v) is 6.68. The fourth-order valence-electron chi connectivity index (χ4n) is 1.16. The van der Waals surface area contributed by atoms with Crippen molar-refractivity contribution < 1.29 is 17.9 Å². The van der Waals surface area contributed by atoms with E-state index in [0.717, 1.165) is 18.2 Å². The van der Waals surface area contributed by atoms with Crippen molar-refractivity contribution in [1.29, 1.82) is 0 Å². The number of hydrogen-bond donors (Lipinski definition) is 1. The fraction of sp³-hybridized carbons (Fsp3) is 0.364. The van der Waals surface area contributed by atoms with Crippen LogP contribution in [0.3, 0.4) is 0 Å². The van der Waals surface area contributed by atoms with Gasteiger partial charge in [0.2, 0.25) is 10.0 Å². The van der Waals surface area contributed by atoms with Gasteiger partial charge in [0, 0.05) is 6.54 Å². The van der Waals surface area contributed by atoms with Gasteiger partial charge in [-0.1, -0.05) is 29.8 Å². The van der Waals surface area contributed by atoms with E-state index in [9.17, 15) is 13.2 Å². The zero-order valence-electron chi connectivity index (χ0n) is 9.76. The SMILES string of the molecule is COC(=O)CS(=O)(=O)NCc1ccc(C)cc1. The van der Waals surface area contributed by atoms with Gasteiger partial charge < -0.3 is 4.74 Å². The van der Waals surface area contributed by atoms with E-state index < -0.39 is 21.7 Å². The van der Waals surface area contributed by atoms with Crippen molar-refractivity contribution in [3.05, 3.63) is 35.4 Å². The Labute approximate surface area is 101 Å². The minimum absolute atomic E-state index is 0.166. The highest BCUT2D eigenvalue weighted by Gasteiger charge is 2.16. The van der Waals surface area contributed by atoms with Crippen LogP contribution in [0.4, 0.5) is 0 Å². The number of carbonyl (C=O) groups is 1. The van der Waals surface area contributed by atoms with Gasteiger partial charge in [-0.05, 0) is 12.5 Å². The Morgan fingerprint density at radius 1 is 1.29 bits per heavy atom. The number of esters is 1. The fourth-order valence-corrected chi connectivity index (χ4v) is 2.08. The average Bonchev–Trinajstić information content (AvgIpc) is 2.28. The van der Waals surface area contributed by atoms with Crippen molar-refractivity contribution in [2.24, 2.45) is 0 Å². The van der Waals surface area contributed by atoms with Crippen LogP contribution in [0.1, 0.15) is 11.1 Å². The summed E-state index contributed by atoms with van der Waals surface area (Å²) in [6.07, 6.45) is 0. The van der Waals surface area contributed by atoms with Gasteiger partial charge >= 0.3 is 5.97 Å². The molecule has 94 valence electrons. The summed E-state index contributed by atoms with van der Waals surface area (Å²) in [7, 11) is -2.48. The normalized spacial score (nSPS) is 11.2. The molecule has 0 radical (unpaired) electrons. The molecule has 0 aliphatic heterocycles. The molecule has 0 atom stereocenters. The second-order valence-electron chi connectivity index (χ2n) is 3.64. The molecule has 1 N–H and O–H groups in total. The van der Waals surface area contributed by atoms with Crippen molar-refractivity contribution in [3.8, 4) is 0 Å². The van der Waals surface area contributed by atoms with E-state index in [4.69, 9.17) is 0 Å². The van der Waals surface area contributed by atoms with Gasteiger partial charge in [0.25, 0.3) is 0 Å². The van der Waals surface area contributed by atoms with E-state index in [-0.39, 0.29) is 6.54 Å². The number of hydrogen-bond acceptors (Lipinski definition) is 4. The second kappa shape index (κ2) is 5.79. The highest BCUT2D eigenvalue weighted by atomic mass is 32.2. The zero-order chi connectivity index (χ0) is 12.9. The third kappa shape index (κ3) is 4.97. The minimum Gasteiger partial charge on any atom is -0.468 e. The molecule has 0 spiro atoms. The number of carbonyl (C=O) groups excluding carboxylic acids is 1. The molecule has 1 aromatic rings. The third-order valence-electron chi connectivity index (χ3n) is 2.15. The highest BCUT2D eigenvalue weighted by molar-refractivity contribution is 7.90. The van der Waals surface area contributed by atoms with Crippen LogP contribution in [0.5, 0.6) is 0 Å². The van der Waals surface area contributed by atoms with Gasteiger partial charge in [-0.2, -0.15) is 0 Å². The van der Waals surface area contributed by atoms with Gasteiger partial charge in [0.05, 0.1) is 7.11 Å². The number of methoxy groups -OCH3 is 1. The molecule has 0 aliphatic carbocycles. The Morgan fingerprint density at radius 3 is 2.41 bits per heavy atom. The zero-order valence-corrected chi connectivity index (χ0v) is 10.6. The summed E-state index contributed by atoms with van der Waals surface area (Å²) in [6.45, 7) is 2.12. The molecule has 0 unspecified atom stereocenters. The van der Waals surface area contributed by atoms with Crippen molar-refractivity contribution in [1.82, 2.24) is 4.72 Å². The van der Waals surface area contributed by atoms with E-state index in [1.54, 1.807) is 0 Å². The predicted molar refractivity (Wildman–Crippen MR) is 63.8 cm³/mol. The first-order valence-electron chi connectivity index (χ1n) is 5.02. The summed E-state index contributed by atoms with van der Waals surface area (Å²) in [6, 6.07) is 7.44. The first kappa shape index (κ1) is 13.7. The minimum atomic E-state index is -3.63. The molecular weight excluding hydrogens is 242 g/mol. The molecule has 1 aromatic carbocycles. The number of rotatable bonds is 5. The van der Waals surface area contributed by atoms with Crippen LogP contribution in [-0.2, 0) is 26.1 Å². The lowest BCUT2D eigenvalue weighted by molar-refractivity contribution is -0.137. The summed E-state index contributed by atoms with van der Waals surface area (Å²) in [5, 5.41) is 0. The first-order chi connectivity index (χ1) is 7.93. The number of nitrogens with one attached hydrogen (secondary N) is 1. The summed E-state index contributed by atoms with van der Waals surface area (Å²) >= 11 is 0. The molecule has 17 heavy (non-hydrogen) atoms. The largest absolute Gasteiger partial charge is 0.468 e. The quantitative estimate of drug-likeness (QED) is 0.783. The molecular formula is C11H15NO4S. The molecule has 0 amide bonds. The summed E-state index contributed by atoms with van der Waals surface area (Å²) < 4.78 is 29.5. The Kier molecular flexibility index (Phi) is 4.65. The van der Waals surface area contributed by atoms with E-state index >= 15 is 0 Å². The van der Waals surface area contributed by atoms with Crippen LogP contribution in [0.15, 0.2) is 24.3 Å². The topological polar surface area (TPSA) is 72.5 Å². The Hall–Kier alpha value is -1.40. The maximum absolute atomic E-state index is 11.4. The highest BCUT2D eigenvalue weighted by Crippen LogP contribution is 2.03. The van der Waals surface area contributed by atoms with Crippen LogP contribution in [0.25, 0.3) is 0 Å². The van der Waals surface area contributed by atoms with Crippen molar-refractivity contribution >= 4 is 16.0 Å². The number of sulfonamides is 1. The van der Waals surface area contributed by atoms with Gasteiger partial charge in [0.1, 0.15) is 0 Å². The van der Waals surface area contributed by atoms with E-state index in [0.29, 0.717) is 0 Å². The maximum Gasteiger partial charge on any atom is 0.322 e. The van der Waals surface area contributed by atoms with Crippen LogP contribution in [0.2, 0.25) is 0 Å². The van der Waals surface area contributed by atoms with Crippen molar-refractivity contribution in [2.45, 2.75) is 13.5 Å². The summed E-state index contributed by atoms with van der Waals surface area (Å²) in [4.78, 5) is 10.8. The molecule has 0 aliphatic rings. The third-order valence-corrected chi connectivity index (χ3v) is 3.35. The lowest BCUT2D eigenvalue weighted by Gasteiger charge is -2.06. The maximum atomic E-state index is 11.4. The lowest BCUT2D eigenvalue weighted by Crippen LogP contribution is -2.30. The lowest BCUT2D eigenvalue weighted by atomic mass is 10.2. The van der Waals surface area contributed by atoms with E-state index in [1.807, 2.05) is 31.2 Å². The Morgan fingerprint density at radius 2 is 1.88 bits per heavy atom. The average molecular weight is 257 g/mol.